The molecule has 0 amide bonds. The molecule has 0 radical (unpaired) electrons. The number of aliphatic hydroxyl groups excluding tert-OH is 1. The third-order valence-corrected chi connectivity index (χ3v) is 4.93. The van der Waals surface area contributed by atoms with Crippen molar-refractivity contribution in [2.24, 2.45) is 0 Å². The van der Waals surface area contributed by atoms with E-state index in [0.29, 0.717) is 5.56 Å². The molecule has 0 unspecified atom stereocenters. The van der Waals surface area contributed by atoms with Crippen molar-refractivity contribution in [3.05, 3.63) is 22.7 Å². The molecule has 1 aromatic carbocycles. The highest BCUT2D eigenvalue weighted by atomic mass is 35.5. The SMILES string of the molecule is COc1c(CO)cc(Cl)cc1S(=O)(=O)NC1CCC1. The van der Waals surface area contributed by atoms with Crippen LogP contribution in [-0.4, -0.2) is 26.7 Å². The predicted octanol–water partition coefficient (Wildman–Crippen LogP) is 1.67. The molecule has 106 valence electrons. The molecule has 2 rings (SSSR count). The Balaban J connectivity index is 2.44. The third-order valence-electron chi connectivity index (χ3n) is 3.19. The Morgan fingerprint density at radius 2 is 2.16 bits per heavy atom. The molecule has 0 spiro atoms. The second-order valence-corrected chi connectivity index (χ2v) is 6.62. The highest BCUT2D eigenvalue weighted by Crippen LogP contribution is 2.32. The van der Waals surface area contributed by atoms with E-state index in [1.165, 1.54) is 19.2 Å². The van der Waals surface area contributed by atoms with Gasteiger partial charge in [0.05, 0.1) is 13.7 Å². The molecule has 1 aliphatic carbocycles. The number of rotatable bonds is 5. The van der Waals surface area contributed by atoms with Gasteiger partial charge in [-0.25, -0.2) is 13.1 Å². The fourth-order valence-electron chi connectivity index (χ4n) is 1.98. The number of ether oxygens (including phenoxy) is 1. The molecule has 0 aliphatic heterocycles. The lowest BCUT2D eigenvalue weighted by atomic mass is 9.94. The summed E-state index contributed by atoms with van der Waals surface area (Å²) < 4.78 is 32.3. The lowest BCUT2D eigenvalue weighted by molar-refractivity contribution is 0.272. The Morgan fingerprint density at radius 1 is 1.47 bits per heavy atom. The van der Waals surface area contributed by atoms with Gasteiger partial charge in [-0.3, -0.25) is 0 Å². The van der Waals surface area contributed by atoms with Gasteiger partial charge in [0, 0.05) is 16.6 Å². The molecule has 0 bridgehead atoms. The molecule has 0 aromatic heterocycles. The molecule has 0 heterocycles. The molecule has 1 aliphatic rings. The first kappa shape index (κ1) is 14.6. The second kappa shape index (κ2) is 5.66. The Labute approximate surface area is 117 Å². The second-order valence-electron chi connectivity index (χ2n) is 4.50. The number of methoxy groups -OCH3 is 1. The van der Waals surface area contributed by atoms with Gasteiger partial charge in [-0.1, -0.05) is 18.0 Å². The monoisotopic (exact) mass is 305 g/mol. The van der Waals surface area contributed by atoms with Crippen molar-refractivity contribution < 1.29 is 18.3 Å². The molecule has 7 heteroatoms. The van der Waals surface area contributed by atoms with Crippen LogP contribution in [0.1, 0.15) is 24.8 Å². The number of hydrogen-bond donors (Lipinski definition) is 2. The van der Waals surface area contributed by atoms with Crippen LogP contribution in [0.3, 0.4) is 0 Å². The minimum absolute atomic E-state index is 0.0220. The van der Waals surface area contributed by atoms with E-state index in [1.807, 2.05) is 0 Å². The maximum absolute atomic E-state index is 12.3. The minimum atomic E-state index is -3.69. The summed E-state index contributed by atoms with van der Waals surface area (Å²) in [7, 11) is -2.32. The van der Waals surface area contributed by atoms with E-state index < -0.39 is 10.0 Å². The van der Waals surface area contributed by atoms with Crippen LogP contribution in [-0.2, 0) is 16.6 Å². The van der Waals surface area contributed by atoms with Gasteiger partial charge in [-0.2, -0.15) is 0 Å². The zero-order valence-electron chi connectivity index (χ0n) is 10.5. The zero-order chi connectivity index (χ0) is 14.0. The standard InChI is InChI=1S/C12H16ClNO4S/c1-18-12-8(7-15)5-9(13)6-11(12)19(16,17)14-10-3-2-4-10/h5-6,10,14-15H,2-4,7H2,1H3. The van der Waals surface area contributed by atoms with Gasteiger partial charge >= 0.3 is 0 Å². The highest BCUT2D eigenvalue weighted by Gasteiger charge is 2.28. The van der Waals surface area contributed by atoms with E-state index in [0.717, 1.165) is 19.3 Å². The molecule has 0 atom stereocenters. The Morgan fingerprint density at radius 3 is 2.63 bits per heavy atom. The quantitative estimate of drug-likeness (QED) is 0.867. The average Bonchev–Trinajstić information content (AvgIpc) is 2.33. The van der Waals surface area contributed by atoms with Crippen LogP contribution in [0.4, 0.5) is 0 Å². The summed E-state index contributed by atoms with van der Waals surface area (Å²) in [4.78, 5) is -0.0292. The summed E-state index contributed by atoms with van der Waals surface area (Å²) in [6, 6.07) is 2.80. The number of nitrogens with one attached hydrogen (secondary N) is 1. The van der Waals surface area contributed by atoms with Crippen LogP contribution in [0.25, 0.3) is 0 Å². The maximum atomic E-state index is 12.3. The first-order chi connectivity index (χ1) is 8.97. The largest absolute Gasteiger partial charge is 0.495 e. The minimum Gasteiger partial charge on any atom is -0.495 e. The number of benzene rings is 1. The van der Waals surface area contributed by atoms with Crippen molar-refractivity contribution in [1.82, 2.24) is 4.72 Å². The van der Waals surface area contributed by atoms with Crippen molar-refractivity contribution in [3.8, 4) is 5.75 Å². The molecule has 1 saturated carbocycles. The number of halogens is 1. The maximum Gasteiger partial charge on any atom is 0.244 e. The van der Waals surface area contributed by atoms with Crippen LogP contribution in [0.15, 0.2) is 17.0 Å². The fourth-order valence-corrected chi connectivity index (χ4v) is 3.83. The van der Waals surface area contributed by atoms with Gasteiger partial charge in [0.2, 0.25) is 10.0 Å². The summed E-state index contributed by atoms with van der Waals surface area (Å²) in [5.74, 6) is 0.138. The van der Waals surface area contributed by atoms with Gasteiger partial charge in [0.1, 0.15) is 10.6 Å². The van der Waals surface area contributed by atoms with E-state index in [4.69, 9.17) is 16.3 Å². The van der Waals surface area contributed by atoms with Crippen molar-refractivity contribution in [3.63, 3.8) is 0 Å². The average molecular weight is 306 g/mol. The number of sulfonamides is 1. The van der Waals surface area contributed by atoms with Crippen molar-refractivity contribution in [2.75, 3.05) is 7.11 Å². The van der Waals surface area contributed by atoms with Crippen LogP contribution in [0, 0.1) is 0 Å². The van der Waals surface area contributed by atoms with E-state index in [1.54, 1.807) is 0 Å². The van der Waals surface area contributed by atoms with Crippen molar-refractivity contribution >= 4 is 21.6 Å². The van der Waals surface area contributed by atoms with E-state index in [9.17, 15) is 13.5 Å². The van der Waals surface area contributed by atoms with Crippen molar-refractivity contribution in [2.45, 2.75) is 36.8 Å². The lowest BCUT2D eigenvalue weighted by Crippen LogP contribution is -2.39. The summed E-state index contributed by atoms with van der Waals surface area (Å²) in [6.07, 6.45) is 2.71. The molecule has 0 saturated heterocycles. The fraction of sp³-hybridized carbons (Fsp3) is 0.500. The van der Waals surface area contributed by atoms with E-state index in [-0.39, 0.29) is 28.3 Å². The molecule has 1 aromatic rings. The smallest absolute Gasteiger partial charge is 0.244 e. The molecular formula is C12H16ClNO4S. The van der Waals surface area contributed by atoms with Gasteiger partial charge in [0.25, 0.3) is 0 Å². The highest BCUT2D eigenvalue weighted by molar-refractivity contribution is 7.89. The normalized spacial score (nSPS) is 16.2. The topological polar surface area (TPSA) is 75.6 Å². The summed E-state index contributed by atoms with van der Waals surface area (Å²) >= 11 is 5.89. The summed E-state index contributed by atoms with van der Waals surface area (Å²) in [5, 5.41) is 9.50. The zero-order valence-corrected chi connectivity index (χ0v) is 12.1. The number of aliphatic hydroxyl groups is 1. The Hall–Kier alpha value is -0.820. The van der Waals surface area contributed by atoms with Crippen LogP contribution < -0.4 is 9.46 Å². The third kappa shape index (κ3) is 3.02. The van der Waals surface area contributed by atoms with Crippen LogP contribution >= 0.6 is 11.6 Å². The molecule has 2 N–H and O–H groups in total. The number of hydrogen-bond acceptors (Lipinski definition) is 4. The summed E-state index contributed by atoms with van der Waals surface area (Å²) in [6.45, 7) is -0.338. The predicted molar refractivity (Wildman–Crippen MR) is 71.9 cm³/mol. The Kier molecular flexibility index (Phi) is 4.35. The van der Waals surface area contributed by atoms with Gasteiger partial charge < -0.3 is 9.84 Å². The van der Waals surface area contributed by atoms with Gasteiger partial charge in [0.15, 0.2) is 0 Å². The summed E-state index contributed by atoms with van der Waals surface area (Å²) in [5.41, 5.74) is 0.351. The lowest BCUT2D eigenvalue weighted by Gasteiger charge is -2.26. The molecule has 19 heavy (non-hydrogen) atoms. The van der Waals surface area contributed by atoms with Crippen LogP contribution in [0.5, 0.6) is 5.75 Å². The van der Waals surface area contributed by atoms with Crippen LogP contribution in [0.2, 0.25) is 5.02 Å². The van der Waals surface area contributed by atoms with Crippen molar-refractivity contribution in [1.29, 1.82) is 0 Å². The van der Waals surface area contributed by atoms with Gasteiger partial charge in [-0.05, 0) is 25.0 Å². The van der Waals surface area contributed by atoms with E-state index in [2.05, 4.69) is 4.72 Å². The van der Waals surface area contributed by atoms with Gasteiger partial charge in [-0.15, -0.1) is 0 Å². The molecule has 5 nitrogen and oxygen atoms in total. The first-order valence-electron chi connectivity index (χ1n) is 5.97. The van der Waals surface area contributed by atoms with E-state index >= 15 is 0 Å². The Bertz CT molecular complexity index is 569. The molecular weight excluding hydrogens is 290 g/mol. The first-order valence-corrected chi connectivity index (χ1v) is 7.83. The molecule has 1 fully saturated rings.